The molecular weight excluding hydrogens is 519 g/mol. The number of nitriles is 1. The standard InChI is InChI=1S/C34H55NO2S2/c1-3-5-6-8-26-11-15-28(16-12-26)29-19-13-27(14-20-29)22-37-33(36)32(21-35)34-38-23-31(24-39-34)30-17-9-25(7-4-2)10-18-30/h25-31H,3-20,22-24H2,1-2H3. The van der Waals surface area contributed by atoms with Crippen molar-refractivity contribution in [3.8, 4) is 6.07 Å². The van der Waals surface area contributed by atoms with Crippen molar-refractivity contribution < 1.29 is 9.53 Å². The van der Waals surface area contributed by atoms with Crippen LogP contribution in [0.4, 0.5) is 0 Å². The Kier molecular flexibility index (Phi) is 13.5. The minimum atomic E-state index is -0.380. The Hall–Kier alpha value is -0.600. The zero-order valence-corrected chi connectivity index (χ0v) is 26.6. The van der Waals surface area contributed by atoms with Crippen molar-refractivity contribution in [2.24, 2.45) is 41.4 Å². The Morgan fingerprint density at radius 1 is 0.718 bits per heavy atom. The van der Waals surface area contributed by atoms with Gasteiger partial charge in [-0.1, -0.05) is 78.1 Å². The third kappa shape index (κ3) is 9.46. The number of esters is 1. The van der Waals surface area contributed by atoms with E-state index in [1.54, 1.807) is 23.5 Å². The highest BCUT2D eigenvalue weighted by Crippen LogP contribution is 2.46. The van der Waals surface area contributed by atoms with Crippen molar-refractivity contribution in [1.82, 2.24) is 0 Å². The Labute approximate surface area is 248 Å². The average Bonchev–Trinajstić information content (AvgIpc) is 2.98. The molecule has 0 aromatic carbocycles. The molecule has 5 heteroatoms. The fourth-order valence-electron chi connectivity index (χ4n) is 8.13. The molecule has 1 saturated heterocycles. The van der Waals surface area contributed by atoms with Gasteiger partial charge < -0.3 is 4.74 Å². The minimum absolute atomic E-state index is 0.263. The lowest BCUT2D eigenvalue weighted by molar-refractivity contribution is -0.140. The van der Waals surface area contributed by atoms with Crippen molar-refractivity contribution in [3.05, 3.63) is 9.81 Å². The third-order valence-electron chi connectivity index (χ3n) is 10.7. The van der Waals surface area contributed by atoms with Crippen LogP contribution in [0.2, 0.25) is 0 Å². The second kappa shape index (κ2) is 16.7. The number of hydrogen-bond donors (Lipinski definition) is 0. The molecular formula is C34H55NO2S2. The first-order valence-electron chi connectivity index (χ1n) is 16.7. The van der Waals surface area contributed by atoms with Gasteiger partial charge in [-0.05, 0) is 92.8 Å². The predicted molar refractivity (Wildman–Crippen MR) is 167 cm³/mol. The zero-order valence-electron chi connectivity index (χ0n) is 25.0. The van der Waals surface area contributed by atoms with E-state index in [2.05, 4.69) is 19.9 Å². The zero-order chi connectivity index (χ0) is 27.5. The summed E-state index contributed by atoms with van der Waals surface area (Å²) < 4.78 is 6.67. The Bertz CT molecular complexity index is 802. The first-order valence-corrected chi connectivity index (χ1v) is 18.6. The molecule has 4 fully saturated rings. The summed E-state index contributed by atoms with van der Waals surface area (Å²) in [5.41, 5.74) is 0.263. The summed E-state index contributed by atoms with van der Waals surface area (Å²) in [6, 6.07) is 2.21. The van der Waals surface area contributed by atoms with Crippen molar-refractivity contribution >= 4 is 29.5 Å². The first kappa shape index (κ1) is 31.3. The van der Waals surface area contributed by atoms with Gasteiger partial charge in [0, 0.05) is 11.5 Å². The fraction of sp³-hybridized carbons (Fsp3) is 0.882. The van der Waals surface area contributed by atoms with Gasteiger partial charge in [-0.3, -0.25) is 0 Å². The van der Waals surface area contributed by atoms with Gasteiger partial charge in [0.15, 0.2) is 5.57 Å². The summed E-state index contributed by atoms with van der Waals surface area (Å²) in [7, 11) is 0. The molecule has 0 spiro atoms. The largest absolute Gasteiger partial charge is 0.461 e. The van der Waals surface area contributed by atoms with Crippen LogP contribution < -0.4 is 0 Å². The molecule has 220 valence electrons. The van der Waals surface area contributed by atoms with Crippen LogP contribution in [0.5, 0.6) is 0 Å². The van der Waals surface area contributed by atoms with Gasteiger partial charge in [0.1, 0.15) is 6.07 Å². The van der Waals surface area contributed by atoms with Crippen LogP contribution in [0.3, 0.4) is 0 Å². The first-order chi connectivity index (χ1) is 19.1. The van der Waals surface area contributed by atoms with E-state index < -0.39 is 0 Å². The topological polar surface area (TPSA) is 50.1 Å². The summed E-state index contributed by atoms with van der Waals surface area (Å²) in [4.78, 5) is 12.9. The molecule has 3 nitrogen and oxygen atoms in total. The Balaban J connectivity index is 1.14. The summed E-state index contributed by atoms with van der Waals surface area (Å²) in [5.74, 6) is 7.49. The smallest absolute Gasteiger partial charge is 0.350 e. The molecule has 0 bridgehead atoms. The molecule has 0 aromatic heterocycles. The molecule has 0 radical (unpaired) electrons. The van der Waals surface area contributed by atoms with E-state index in [0.29, 0.717) is 18.4 Å². The van der Waals surface area contributed by atoms with Gasteiger partial charge in [-0.15, -0.1) is 23.5 Å². The van der Waals surface area contributed by atoms with Crippen LogP contribution in [0.15, 0.2) is 9.81 Å². The summed E-state index contributed by atoms with van der Waals surface area (Å²) in [5, 5.41) is 9.80. The molecule has 3 aliphatic carbocycles. The third-order valence-corrected chi connectivity index (χ3v) is 13.6. The Morgan fingerprint density at radius 3 is 1.74 bits per heavy atom. The predicted octanol–water partition coefficient (Wildman–Crippen LogP) is 10.2. The van der Waals surface area contributed by atoms with E-state index in [9.17, 15) is 10.1 Å². The van der Waals surface area contributed by atoms with Crippen molar-refractivity contribution in [2.75, 3.05) is 18.1 Å². The van der Waals surface area contributed by atoms with Crippen molar-refractivity contribution in [2.45, 2.75) is 129 Å². The van der Waals surface area contributed by atoms with E-state index in [0.717, 1.165) is 45.3 Å². The highest BCUT2D eigenvalue weighted by atomic mass is 32.2. The molecule has 0 unspecified atom stereocenters. The number of hydrogen-bond acceptors (Lipinski definition) is 5. The van der Waals surface area contributed by atoms with Gasteiger partial charge in [-0.2, -0.15) is 5.26 Å². The SMILES string of the molecule is CCCCCC1CCC(C2CCC(COC(=O)C(C#N)=C3SCC(C4CCC(CCC)CC4)CS3)CC2)CC1. The fourth-order valence-corrected chi connectivity index (χ4v) is 11.1. The monoisotopic (exact) mass is 573 g/mol. The minimum Gasteiger partial charge on any atom is -0.461 e. The lowest BCUT2D eigenvalue weighted by Crippen LogP contribution is -2.28. The normalized spacial score (nSPS) is 33.8. The maximum atomic E-state index is 12.9. The van der Waals surface area contributed by atoms with Crippen LogP contribution >= 0.6 is 23.5 Å². The summed E-state index contributed by atoms with van der Waals surface area (Å²) in [6.45, 7) is 5.10. The number of rotatable bonds is 11. The second-order valence-corrected chi connectivity index (χ2v) is 15.7. The summed E-state index contributed by atoms with van der Waals surface area (Å²) >= 11 is 3.48. The highest BCUT2D eigenvalue weighted by Gasteiger charge is 2.33. The van der Waals surface area contributed by atoms with E-state index in [4.69, 9.17) is 4.74 Å². The van der Waals surface area contributed by atoms with Crippen LogP contribution in [-0.4, -0.2) is 24.1 Å². The lowest BCUT2D eigenvalue weighted by atomic mass is 9.69. The number of ether oxygens (including phenoxy) is 1. The van der Waals surface area contributed by atoms with Crippen LogP contribution in [0.25, 0.3) is 0 Å². The van der Waals surface area contributed by atoms with E-state index in [-0.39, 0.29) is 11.5 Å². The molecule has 0 aromatic rings. The van der Waals surface area contributed by atoms with Gasteiger partial charge >= 0.3 is 5.97 Å². The van der Waals surface area contributed by atoms with E-state index in [1.165, 1.54) is 116 Å². The van der Waals surface area contributed by atoms with Gasteiger partial charge in [0.05, 0.1) is 10.8 Å². The number of carbonyl (C=O) groups is 1. The highest BCUT2D eigenvalue weighted by molar-refractivity contribution is 8.22. The molecule has 0 atom stereocenters. The van der Waals surface area contributed by atoms with Crippen molar-refractivity contribution in [3.63, 3.8) is 0 Å². The molecule has 0 amide bonds. The molecule has 39 heavy (non-hydrogen) atoms. The molecule has 1 heterocycles. The molecule has 1 aliphatic heterocycles. The maximum absolute atomic E-state index is 12.9. The second-order valence-electron chi connectivity index (χ2n) is 13.4. The quantitative estimate of drug-likeness (QED) is 0.106. The van der Waals surface area contributed by atoms with Crippen LogP contribution in [0, 0.1) is 52.8 Å². The number of unbranched alkanes of at least 4 members (excludes halogenated alkanes) is 2. The van der Waals surface area contributed by atoms with Gasteiger partial charge in [0.2, 0.25) is 0 Å². The van der Waals surface area contributed by atoms with Crippen LogP contribution in [-0.2, 0) is 9.53 Å². The van der Waals surface area contributed by atoms with Gasteiger partial charge in [0.25, 0.3) is 0 Å². The molecule has 0 N–H and O–H groups in total. The van der Waals surface area contributed by atoms with Crippen LogP contribution in [0.1, 0.15) is 129 Å². The summed E-state index contributed by atoms with van der Waals surface area (Å²) in [6.07, 6.45) is 24.6. The molecule has 4 aliphatic rings. The van der Waals surface area contributed by atoms with Crippen molar-refractivity contribution in [1.29, 1.82) is 5.26 Å². The molecule has 3 saturated carbocycles. The van der Waals surface area contributed by atoms with E-state index >= 15 is 0 Å². The Morgan fingerprint density at radius 2 is 1.23 bits per heavy atom. The molecule has 4 rings (SSSR count). The maximum Gasteiger partial charge on any atom is 0.350 e. The number of thioether (sulfide) groups is 2. The average molecular weight is 574 g/mol. The number of carbonyl (C=O) groups excluding carboxylic acids is 1. The lowest BCUT2D eigenvalue weighted by Gasteiger charge is -2.37. The number of nitrogens with zero attached hydrogens (tertiary/aromatic N) is 1. The van der Waals surface area contributed by atoms with Gasteiger partial charge in [-0.25, -0.2) is 4.79 Å². The van der Waals surface area contributed by atoms with E-state index in [1.807, 2.05) is 0 Å².